The molecular weight excluding hydrogens is 323 g/mol. The Bertz CT molecular complexity index is 590. The number of Topliss-reactive ketones (excluding diaryl/α,β-unsaturated/α-hetero) is 1. The highest BCUT2D eigenvalue weighted by molar-refractivity contribution is 5.93. The number of ether oxygens (including phenoxy) is 2. The first kappa shape index (κ1) is 21.0. The van der Waals surface area contributed by atoms with Crippen molar-refractivity contribution in [1.29, 1.82) is 0 Å². The number of carbonyl (C=O) groups excluding carboxylic acids is 2. The van der Waals surface area contributed by atoms with Gasteiger partial charge in [0, 0.05) is 19.6 Å². The Morgan fingerprint density at radius 1 is 1.12 bits per heavy atom. The quantitative estimate of drug-likeness (QED) is 0.323. The van der Waals surface area contributed by atoms with E-state index in [-0.39, 0.29) is 5.78 Å². The van der Waals surface area contributed by atoms with E-state index >= 15 is 0 Å². The van der Waals surface area contributed by atoms with Crippen molar-refractivity contribution in [1.82, 2.24) is 0 Å². The average molecular weight is 350 g/mol. The minimum Gasteiger partial charge on any atom is -0.429 e. The fourth-order valence-corrected chi connectivity index (χ4v) is 2.36. The van der Waals surface area contributed by atoms with E-state index < -0.39 is 11.8 Å². The summed E-state index contributed by atoms with van der Waals surface area (Å²) in [5, 5.41) is 0. The predicted molar refractivity (Wildman–Crippen MR) is 95.3 cm³/mol. The third-order valence-corrected chi connectivity index (χ3v) is 3.91. The van der Waals surface area contributed by atoms with E-state index in [1.807, 2.05) is 24.3 Å². The van der Waals surface area contributed by atoms with Gasteiger partial charge >= 0.3 is 6.22 Å². The fraction of sp³-hybridized carbons (Fsp3) is 0.500. The van der Waals surface area contributed by atoms with Gasteiger partial charge in [-0.3, -0.25) is 4.79 Å². The topological polar surface area (TPSA) is 52.6 Å². The number of aryl methyl sites for hydroxylation is 1. The second-order valence-electron chi connectivity index (χ2n) is 6.57. The molecule has 0 aliphatic heterocycles. The molecule has 1 aromatic rings. The van der Waals surface area contributed by atoms with Crippen LogP contribution in [0.3, 0.4) is 0 Å². The van der Waals surface area contributed by atoms with Gasteiger partial charge < -0.3 is 9.47 Å². The minimum atomic E-state index is -1.78. The summed E-state index contributed by atoms with van der Waals surface area (Å²) in [4.78, 5) is 21.9. The molecule has 0 fully saturated rings. The van der Waals surface area contributed by atoms with Gasteiger partial charge in [-0.1, -0.05) is 30.8 Å². The number of halogens is 1. The molecule has 0 bridgehead atoms. The molecule has 0 radical (unpaired) electrons. The monoisotopic (exact) mass is 350 g/mol. The van der Waals surface area contributed by atoms with E-state index in [0.717, 1.165) is 24.0 Å². The Morgan fingerprint density at radius 3 is 2.28 bits per heavy atom. The molecule has 25 heavy (non-hydrogen) atoms. The summed E-state index contributed by atoms with van der Waals surface area (Å²) in [6, 6.07) is 7.55. The van der Waals surface area contributed by atoms with E-state index in [1.54, 1.807) is 20.8 Å². The highest BCUT2D eigenvalue weighted by Gasteiger charge is 2.25. The van der Waals surface area contributed by atoms with Crippen LogP contribution in [0.1, 0.15) is 51.2 Å². The Kier molecular flexibility index (Phi) is 8.49. The van der Waals surface area contributed by atoms with Crippen LogP contribution in [0.2, 0.25) is 0 Å². The second kappa shape index (κ2) is 10.1. The first-order chi connectivity index (χ1) is 11.7. The van der Waals surface area contributed by atoms with Crippen LogP contribution in [0.4, 0.5) is 9.18 Å². The van der Waals surface area contributed by atoms with Gasteiger partial charge in [-0.15, -0.1) is 4.39 Å². The van der Waals surface area contributed by atoms with Gasteiger partial charge in [0.1, 0.15) is 5.60 Å². The molecule has 0 aromatic heterocycles. The highest BCUT2D eigenvalue weighted by atomic mass is 19.1. The summed E-state index contributed by atoms with van der Waals surface area (Å²) in [5.74, 6) is 0.0880. The molecule has 0 atom stereocenters. The van der Waals surface area contributed by atoms with E-state index in [0.29, 0.717) is 31.6 Å². The van der Waals surface area contributed by atoms with Crippen molar-refractivity contribution in [3.63, 3.8) is 0 Å². The van der Waals surface area contributed by atoms with Crippen LogP contribution in [0.25, 0.3) is 0 Å². The number of ketones is 1. The van der Waals surface area contributed by atoms with Crippen LogP contribution in [0.15, 0.2) is 36.4 Å². The predicted octanol–water partition coefficient (Wildman–Crippen LogP) is 4.90. The lowest BCUT2D eigenvalue weighted by Crippen LogP contribution is -2.23. The van der Waals surface area contributed by atoms with Gasteiger partial charge in [0.25, 0.3) is 0 Å². The van der Waals surface area contributed by atoms with Crippen LogP contribution in [0.5, 0.6) is 0 Å². The maximum atomic E-state index is 12.4. The summed E-state index contributed by atoms with van der Waals surface area (Å²) in [6.07, 6.45) is 1.14. The third-order valence-electron chi connectivity index (χ3n) is 3.91. The maximum absolute atomic E-state index is 12.4. The van der Waals surface area contributed by atoms with E-state index in [2.05, 4.69) is 11.3 Å². The first-order valence-electron chi connectivity index (χ1n) is 8.46. The smallest absolute Gasteiger partial charge is 0.429 e. The minimum absolute atomic E-state index is 0.0880. The van der Waals surface area contributed by atoms with Crippen molar-refractivity contribution < 1.29 is 23.5 Å². The largest absolute Gasteiger partial charge is 0.496 e. The second-order valence-corrected chi connectivity index (χ2v) is 6.57. The summed E-state index contributed by atoms with van der Waals surface area (Å²) >= 11 is 0. The van der Waals surface area contributed by atoms with E-state index in [1.165, 1.54) is 0 Å². The summed E-state index contributed by atoms with van der Waals surface area (Å²) in [7, 11) is 0. The summed E-state index contributed by atoms with van der Waals surface area (Å²) in [5.41, 5.74) is 1.47. The molecule has 0 aliphatic carbocycles. The molecule has 5 heteroatoms. The standard InChI is InChI=1S/C20H27FO4/c1-15(2)18(22)8-6-14-24-13-5-7-16-9-11-17(12-10-16)20(3,4)25-19(21)23/h9-12H,1,5-8,13-14H2,2-4H3. The number of hydrogen-bond donors (Lipinski definition) is 0. The molecule has 0 spiro atoms. The molecule has 1 rings (SSSR count). The van der Waals surface area contributed by atoms with E-state index in [4.69, 9.17) is 4.74 Å². The maximum Gasteiger partial charge on any atom is 0.496 e. The van der Waals surface area contributed by atoms with Gasteiger partial charge in [0.15, 0.2) is 5.78 Å². The molecule has 138 valence electrons. The lowest BCUT2D eigenvalue weighted by molar-refractivity contribution is -0.115. The Morgan fingerprint density at radius 2 is 1.72 bits per heavy atom. The van der Waals surface area contributed by atoms with Crippen LogP contribution in [-0.4, -0.2) is 25.2 Å². The summed E-state index contributed by atoms with van der Waals surface area (Å²) in [6.45, 7) is 9.83. The summed E-state index contributed by atoms with van der Waals surface area (Å²) < 4.78 is 22.6. The molecule has 0 N–H and O–H groups in total. The number of rotatable bonds is 11. The molecule has 0 saturated carbocycles. The Labute approximate surface area is 149 Å². The van der Waals surface area contributed by atoms with Gasteiger partial charge in [0.2, 0.25) is 0 Å². The zero-order valence-corrected chi connectivity index (χ0v) is 15.3. The molecular formula is C20H27FO4. The highest BCUT2D eigenvalue weighted by Crippen LogP contribution is 2.25. The van der Waals surface area contributed by atoms with Crippen LogP contribution >= 0.6 is 0 Å². The number of hydrogen-bond acceptors (Lipinski definition) is 4. The molecule has 0 heterocycles. The van der Waals surface area contributed by atoms with Crippen molar-refractivity contribution in [3.05, 3.63) is 47.5 Å². The number of benzene rings is 1. The number of carbonyl (C=O) groups is 2. The Balaban J connectivity index is 2.27. The molecule has 4 nitrogen and oxygen atoms in total. The van der Waals surface area contributed by atoms with Gasteiger partial charge in [0.05, 0.1) is 0 Å². The average Bonchev–Trinajstić information content (AvgIpc) is 2.52. The van der Waals surface area contributed by atoms with Crippen molar-refractivity contribution >= 4 is 12.0 Å². The fourth-order valence-electron chi connectivity index (χ4n) is 2.36. The molecule has 1 aromatic carbocycles. The third kappa shape index (κ3) is 8.07. The van der Waals surface area contributed by atoms with Crippen LogP contribution in [-0.2, 0) is 26.3 Å². The van der Waals surface area contributed by atoms with E-state index in [9.17, 15) is 14.0 Å². The zero-order valence-electron chi connectivity index (χ0n) is 15.3. The Hall–Kier alpha value is -2.01. The van der Waals surface area contributed by atoms with Gasteiger partial charge in [-0.25, -0.2) is 4.79 Å². The molecule has 0 amide bonds. The molecule has 0 saturated heterocycles. The van der Waals surface area contributed by atoms with Crippen molar-refractivity contribution in [3.8, 4) is 0 Å². The van der Waals surface area contributed by atoms with Crippen molar-refractivity contribution in [2.45, 2.75) is 52.1 Å². The molecule has 0 aliphatic rings. The van der Waals surface area contributed by atoms with Crippen LogP contribution in [0, 0.1) is 0 Å². The SMILES string of the molecule is C=C(C)C(=O)CCCOCCCc1ccc(C(C)(C)OC(=O)F)cc1. The lowest BCUT2D eigenvalue weighted by Gasteiger charge is -2.23. The normalized spacial score (nSPS) is 11.2. The van der Waals surface area contributed by atoms with Crippen molar-refractivity contribution in [2.75, 3.05) is 13.2 Å². The van der Waals surface area contributed by atoms with Gasteiger partial charge in [-0.2, -0.15) is 0 Å². The van der Waals surface area contributed by atoms with Crippen molar-refractivity contribution in [2.24, 2.45) is 0 Å². The molecule has 0 unspecified atom stereocenters. The zero-order chi connectivity index (χ0) is 18.9. The lowest BCUT2D eigenvalue weighted by atomic mass is 9.96. The van der Waals surface area contributed by atoms with Gasteiger partial charge in [-0.05, 0) is 56.7 Å². The van der Waals surface area contributed by atoms with Crippen LogP contribution < -0.4 is 0 Å². The number of allylic oxidation sites excluding steroid dienone is 1. The first-order valence-corrected chi connectivity index (χ1v) is 8.46.